The third-order valence-electron chi connectivity index (χ3n) is 8.59. The molecule has 13 heteroatoms. The number of hydrogen-bond acceptors (Lipinski definition) is 3. The van der Waals surface area contributed by atoms with Crippen LogP contribution in [0.25, 0.3) is 0 Å². The third-order valence-corrected chi connectivity index (χ3v) is 10.3. The number of halogens is 9. The largest absolute Gasteiger partial charge is 0.382 e. The Labute approximate surface area is 237 Å². The van der Waals surface area contributed by atoms with Gasteiger partial charge in [0.05, 0.1) is 24.1 Å². The minimum atomic E-state index is -9.68. The molecule has 0 aromatic rings. The minimum absolute atomic E-state index is 0.120. The second-order valence-corrected chi connectivity index (χ2v) is 14.8. The number of alkyl halides is 4. The SMILES string of the molecule is CCCCCCCCCC1CCC(C(F)(F)OC2CC=C(C(F)(F)OC3CCC(S(F)(F)(F)(F)F)CC3)CC2)OC1. The molecule has 0 amide bonds. The Morgan fingerprint density at radius 2 is 1.41 bits per heavy atom. The van der Waals surface area contributed by atoms with E-state index in [2.05, 4.69) is 6.92 Å². The molecule has 244 valence electrons. The quantitative estimate of drug-likeness (QED) is 0.102. The van der Waals surface area contributed by atoms with Gasteiger partial charge in [-0.25, -0.2) is 0 Å². The molecule has 41 heavy (non-hydrogen) atoms. The third kappa shape index (κ3) is 11.1. The first kappa shape index (κ1) is 34.8. The van der Waals surface area contributed by atoms with Gasteiger partial charge in [0.25, 0.3) is 10.2 Å². The van der Waals surface area contributed by atoms with Gasteiger partial charge in [0.2, 0.25) is 0 Å². The molecule has 3 unspecified atom stereocenters. The highest BCUT2D eigenvalue weighted by Crippen LogP contribution is 3.01. The van der Waals surface area contributed by atoms with Crippen LogP contribution in [0.2, 0.25) is 0 Å². The predicted octanol–water partition coefficient (Wildman–Crippen LogP) is 11.2. The molecule has 2 aliphatic carbocycles. The first-order valence-electron chi connectivity index (χ1n) is 15.0. The van der Waals surface area contributed by atoms with E-state index in [-0.39, 0.29) is 38.2 Å². The molecule has 0 aromatic heterocycles. The molecule has 0 bridgehead atoms. The fourth-order valence-corrected chi connectivity index (χ4v) is 7.21. The van der Waals surface area contributed by atoms with Crippen molar-refractivity contribution in [1.29, 1.82) is 0 Å². The number of unbranched alkanes of at least 4 members (excludes halogenated alkanes) is 6. The summed E-state index contributed by atoms with van der Waals surface area (Å²) >= 11 is 0. The molecule has 3 atom stereocenters. The summed E-state index contributed by atoms with van der Waals surface area (Å²) in [6, 6.07) is 0. The molecule has 1 saturated heterocycles. The Morgan fingerprint density at radius 3 is 1.95 bits per heavy atom. The highest BCUT2D eigenvalue weighted by atomic mass is 32.5. The van der Waals surface area contributed by atoms with Crippen LogP contribution < -0.4 is 0 Å². The smallest absolute Gasteiger partial charge is 0.369 e. The molecule has 0 radical (unpaired) electrons. The topological polar surface area (TPSA) is 27.7 Å². The summed E-state index contributed by atoms with van der Waals surface area (Å²) in [7, 11) is -9.68. The average molecular weight is 633 g/mol. The molecule has 1 heterocycles. The van der Waals surface area contributed by atoms with Crippen molar-refractivity contribution in [3.05, 3.63) is 11.6 Å². The summed E-state index contributed by atoms with van der Waals surface area (Å²) < 4.78 is 139. The highest BCUT2D eigenvalue weighted by molar-refractivity contribution is 8.46. The zero-order valence-electron chi connectivity index (χ0n) is 23.7. The fraction of sp³-hybridized carbons (Fsp3) is 0.929. The fourth-order valence-electron chi connectivity index (χ4n) is 6.05. The Morgan fingerprint density at radius 1 is 0.780 bits per heavy atom. The Hall–Kier alpha value is -0.660. The van der Waals surface area contributed by atoms with Gasteiger partial charge in [-0.2, -0.15) is 17.6 Å². The monoisotopic (exact) mass is 632 g/mol. The molecular weight excluding hydrogens is 587 g/mol. The lowest BCUT2D eigenvalue weighted by atomic mass is 9.92. The maximum atomic E-state index is 14.8. The van der Waals surface area contributed by atoms with Crippen LogP contribution in [0.3, 0.4) is 0 Å². The van der Waals surface area contributed by atoms with Gasteiger partial charge in [0.15, 0.2) is 0 Å². The Balaban J connectivity index is 1.38. The molecule has 1 aliphatic heterocycles. The van der Waals surface area contributed by atoms with Gasteiger partial charge < -0.3 is 14.2 Å². The van der Waals surface area contributed by atoms with Crippen molar-refractivity contribution < 1.29 is 51.2 Å². The van der Waals surface area contributed by atoms with Crippen LogP contribution in [-0.4, -0.2) is 42.4 Å². The summed E-state index contributed by atoms with van der Waals surface area (Å²) in [4.78, 5) is 0. The van der Waals surface area contributed by atoms with Gasteiger partial charge in [-0.3, -0.25) is 0 Å². The molecule has 0 N–H and O–H groups in total. The second-order valence-electron chi connectivity index (χ2n) is 12.0. The number of ether oxygens (including phenoxy) is 3. The zero-order chi connectivity index (χ0) is 30.4. The maximum absolute atomic E-state index is 14.8. The Kier molecular flexibility index (Phi) is 11.2. The van der Waals surface area contributed by atoms with E-state index >= 15 is 0 Å². The molecule has 3 aliphatic rings. The summed E-state index contributed by atoms with van der Waals surface area (Å²) in [5.74, 6) is 0.238. The van der Waals surface area contributed by atoms with Crippen LogP contribution in [0.15, 0.2) is 11.6 Å². The summed E-state index contributed by atoms with van der Waals surface area (Å²) in [6.45, 7) is 2.41. The first-order chi connectivity index (χ1) is 18.9. The van der Waals surface area contributed by atoms with Crippen LogP contribution in [0.4, 0.5) is 37.0 Å². The van der Waals surface area contributed by atoms with Gasteiger partial charge >= 0.3 is 12.2 Å². The van der Waals surface area contributed by atoms with Crippen molar-refractivity contribution in [2.45, 2.75) is 152 Å². The molecule has 3 rings (SSSR count). The summed E-state index contributed by atoms with van der Waals surface area (Å²) in [5, 5.41) is -2.80. The lowest BCUT2D eigenvalue weighted by molar-refractivity contribution is -0.324. The lowest BCUT2D eigenvalue weighted by Crippen LogP contribution is -2.45. The van der Waals surface area contributed by atoms with Crippen LogP contribution in [-0.2, 0) is 14.2 Å². The average Bonchev–Trinajstić information content (AvgIpc) is 2.87. The van der Waals surface area contributed by atoms with Crippen LogP contribution in [0.1, 0.15) is 116 Å². The van der Waals surface area contributed by atoms with Crippen molar-refractivity contribution >= 4 is 10.2 Å². The Bertz CT molecular complexity index is 850. The van der Waals surface area contributed by atoms with Gasteiger partial charge in [-0.05, 0) is 70.1 Å². The second kappa shape index (κ2) is 13.1. The van der Waals surface area contributed by atoms with Crippen LogP contribution >= 0.6 is 10.2 Å². The standard InChI is InChI=1S/C28H45F9O3S/c1-2-3-4-5-6-7-8-9-21-10-19-26(38-20-21)28(31,32)40-23-13-11-22(12-14-23)27(29,30)39-24-15-17-25(18-16-24)41(33,34,35,36)37/h11,21,23-26H,2-10,12-20H2,1H3. The molecular formula is C28H45F9O3S. The summed E-state index contributed by atoms with van der Waals surface area (Å²) in [5.41, 5.74) is -0.474. The van der Waals surface area contributed by atoms with E-state index in [1.165, 1.54) is 32.1 Å². The molecule has 0 spiro atoms. The lowest BCUT2D eigenvalue weighted by Gasteiger charge is -2.49. The van der Waals surface area contributed by atoms with Crippen molar-refractivity contribution in [2.24, 2.45) is 5.92 Å². The van der Waals surface area contributed by atoms with Gasteiger partial charge in [0.1, 0.15) is 6.10 Å². The molecule has 3 nitrogen and oxygen atoms in total. The molecule has 0 aromatic carbocycles. The minimum Gasteiger partial charge on any atom is -0.369 e. The normalized spacial score (nSPS) is 30.4. The van der Waals surface area contributed by atoms with E-state index in [0.717, 1.165) is 25.3 Å². The predicted molar refractivity (Wildman–Crippen MR) is 142 cm³/mol. The van der Waals surface area contributed by atoms with Gasteiger partial charge in [-0.1, -0.05) is 77.4 Å². The van der Waals surface area contributed by atoms with Gasteiger partial charge in [0, 0.05) is 5.57 Å². The molecule has 2 fully saturated rings. The van der Waals surface area contributed by atoms with Crippen LogP contribution in [0, 0.1) is 5.92 Å². The number of hydrogen-bond donors (Lipinski definition) is 0. The highest BCUT2D eigenvalue weighted by Gasteiger charge is 2.69. The van der Waals surface area contributed by atoms with Gasteiger partial charge in [-0.15, -0.1) is 0 Å². The van der Waals surface area contributed by atoms with E-state index < -0.39 is 77.3 Å². The maximum Gasteiger partial charge on any atom is 0.382 e. The van der Waals surface area contributed by atoms with E-state index in [9.17, 15) is 37.0 Å². The van der Waals surface area contributed by atoms with Crippen molar-refractivity contribution in [3.63, 3.8) is 0 Å². The van der Waals surface area contributed by atoms with Crippen molar-refractivity contribution in [1.82, 2.24) is 0 Å². The van der Waals surface area contributed by atoms with E-state index in [1.54, 1.807) is 0 Å². The first-order valence-corrected chi connectivity index (χ1v) is 17.1. The van der Waals surface area contributed by atoms with Crippen molar-refractivity contribution in [3.8, 4) is 0 Å². The van der Waals surface area contributed by atoms with E-state index in [4.69, 9.17) is 14.2 Å². The molecule has 1 saturated carbocycles. The van der Waals surface area contributed by atoms with Crippen LogP contribution in [0.5, 0.6) is 0 Å². The zero-order valence-corrected chi connectivity index (χ0v) is 24.5. The van der Waals surface area contributed by atoms with E-state index in [1.807, 2.05) is 0 Å². The number of rotatable bonds is 15. The summed E-state index contributed by atoms with van der Waals surface area (Å²) in [6.07, 6.45) is -3.81. The van der Waals surface area contributed by atoms with Crippen molar-refractivity contribution in [2.75, 3.05) is 6.61 Å². The van der Waals surface area contributed by atoms with E-state index in [0.29, 0.717) is 6.42 Å².